The summed E-state index contributed by atoms with van der Waals surface area (Å²) >= 11 is 0. The quantitative estimate of drug-likeness (QED) is 0.0481. The molecular formula is C38H26CrN7Na2O13S+. The summed E-state index contributed by atoms with van der Waals surface area (Å²) in [5.74, 6) is -1.40. The van der Waals surface area contributed by atoms with Crippen molar-refractivity contribution in [2.75, 3.05) is 12.4 Å². The van der Waals surface area contributed by atoms with Crippen LogP contribution in [0.1, 0.15) is 0 Å². The third-order valence-electron chi connectivity index (χ3n) is 8.49. The van der Waals surface area contributed by atoms with Crippen molar-refractivity contribution in [1.82, 2.24) is 0 Å². The number of amides is 1. The second-order valence-corrected chi connectivity index (χ2v) is 13.5. The molecule has 304 valence electrons. The van der Waals surface area contributed by atoms with Gasteiger partial charge in [-0.25, -0.2) is 13.2 Å². The molecular weight excluding hydrogens is 892 g/mol. The van der Waals surface area contributed by atoms with Gasteiger partial charge in [0.15, 0.2) is 0 Å². The van der Waals surface area contributed by atoms with Gasteiger partial charge in [-0.2, -0.15) is 0 Å². The fourth-order valence-electron chi connectivity index (χ4n) is 5.75. The second-order valence-electron chi connectivity index (χ2n) is 12.1. The van der Waals surface area contributed by atoms with Gasteiger partial charge in [-0.05, 0) is 41.1 Å². The molecule has 0 bridgehead atoms. The number of nitro groups is 2. The number of aromatic hydroxyl groups is 4. The van der Waals surface area contributed by atoms with Crippen LogP contribution in [0.25, 0.3) is 32.3 Å². The van der Waals surface area contributed by atoms with Crippen LogP contribution in [0.3, 0.4) is 0 Å². The summed E-state index contributed by atoms with van der Waals surface area (Å²) in [6, 6.07) is 25.3. The summed E-state index contributed by atoms with van der Waals surface area (Å²) in [5.41, 5.74) is -0.658. The van der Waals surface area contributed by atoms with Crippen molar-refractivity contribution in [3.05, 3.63) is 129 Å². The number of azo groups is 2. The Morgan fingerprint density at radius 2 is 1.18 bits per heavy atom. The van der Waals surface area contributed by atoms with Crippen LogP contribution < -0.4 is 64.4 Å². The molecule has 0 spiro atoms. The van der Waals surface area contributed by atoms with E-state index in [1.807, 2.05) is 0 Å². The molecule has 1 amide bonds. The number of hydrogen-bond donors (Lipinski definition) is 5. The smallest absolute Gasteiger partial charge is 0.744 e. The van der Waals surface area contributed by atoms with Gasteiger partial charge >= 0.3 is 65.2 Å². The molecule has 24 heteroatoms. The molecule has 20 nitrogen and oxygen atoms in total. The van der Waals surface area contributed by atoms with Gasteiger partial charge in [0.25, 0.3) is 11.4 Å². The van der Waals surface area contributed by atoms with Gasteiger partial charge in [0.2, 0.25) is 0 Å². The molecule has 0 fully saturated rings. The van der Waals surface area contributed by atoms with Crippen LogP contribution in [0.4, 0.5) is 44.6 Å². The fourth-order valence-corrected chi connectivity index (χ4v) is 6.44. The number of nitrogens with one attached hydrogen (secondary N) is 1. The molecule has 0 saturated carbocycles. The first kappa shape index (κ1) is 50.6. The van der Waals surface area contributed by atoms with Crippen molar-refractivity contribution in [3.63, 3.8) is 0 Å². The zero-order valence-corrected chi connectivity index (χ0v) is 38.4. The number of rotatable bonds is 8. The predicted molar refractivity (Wildman–Crippen MR) is 211 cm³/mol. The number of carbonyl (C=O) groups excluding carboxylic acids is 1. The number of nitrogens with zero attached hydrogens (tertiary/aromatic N) is 6. The van der Waals surface area contributed by atoms with Gasteiger partial charge in [0, 0.05) is 69.2 Å². The van der Waals surface area contributed by atoms with E-state index in [-0.39, 0.29) is 133 Å². The number of nitro benzene ring substituents is 2. The topological polar surface area (TPSA) is 312 Å². The zero-order valence-electron chi connectivity index (χ0n) is 32.4. The molecule has 0 aliphatic rings. The molecule has 0 saturated heterocycles. The minimum absolute atomic E-state index is 0. The number of hydrogen-bond acceptors (Lipinski definition) is 17. The molecule has 7 aromatic carbocycles. The van der Waals surface area contributed by atoms with E-state index in [1.165, 1.54) is 25.3 Å². The molecule has 62 heavy (non-hydrogen) atoms. The number of methoxy groups -OCH3 is 1. The Bertz CT molecular complexity index is 3050. The number of benzene rings is 7. The Balaban J connectivity index is 0.000000317. The molecule has 0 unspecified atom stereocenters. The summed E-state index contributed by atoms with van der Waals surface area (Å²) in [6.07, 6.45) is -0.713. The van der Waals surface area contributed by atoms with Crippen LogP contribution in [0.5, 0.6) is 23.0 Å². The van der Waals surface area contributed by atoms with Gasteiger partial charge in [0.05, 0.1) is 27.5 Å². The van der Waals surface area contributed by atoms with Crippen molar-refractivity contribution in [3.8, 4) is 23.0 Å². The van der Waals surface area contributed by atoms with Crippen molar-refractivity contribution in [1.29, 1.82) is 0 Å². The maximum atomic E-state index is 11.6. The molecule has 5 N–H and O–H groups in total. The number of non-ortho nitro benzene ring substituents is 2. The minimum Gasteiger partial charge on any atom is -0.744 e. The van der Waals surface area contributed by atoms with E-state index in [0.717, 1.165) is 35.7 Å². The SMILES string of the molecule is COC(=O)Nc1cccc2ccc(O)c(N=Nc3cc([N+](=O)[O-])ccc3O)c12.O=[N+]([O-])c1ccc2c(N=Nc3c(O)ccc4ccccc34)c(O)cc(S(=O)(=O)[O-])c2c1.[Cr].[Na+].[Na+]. The monoisotopic (exact) mass is 918 g/mol. The number of phenolic OH excluding ortho intramolecular Hbond substituents is 4. The van der Waals surface area contributed by atoms with Crippen molar-refractivity contribution in [2.24, 2.45) is 20.5 Å². The third-order valence-corrected chi connectivity index (χ3v) is 9.37. The molecule has 0 heterocycles. The Hall–Kier alpha value is -5.77. The van der Waals surface area contributed by atoms with Crippen LogP contribution in [0, 0.1) is 20.2 Å². The standard InChI is InChI=1S/C20H13N3O7S.C18H14N4O6.Cr.2Na/c24-16-8-5-11-3-1-2-4-13(11)19(16)21-22-20-14-7-6-12(23(26)27)9-15(14)18(10-17(20)25)31(28,29)30;1-28-18(25)19-12-4-2-3-10-5-7-15(24)17(16(10)12)21-20-13-9-11(22(26)27)6-8-14(13)23;;;/h1-10,24-25H,(H,28,29,30);2-9,23-24H,1H3,(H,19,25);;;/q;;;2*+1/p-1. The van der Waals surface area contributed by atoms with Gasteiger partial charge < -0.3 is 29.7 Å². The largest absolute Gasteiger partial charge is 1.00 e. The third kappa shape index (κ3) is 11.2. The summed E-state index contributed by atoms with van der Waals surface area (Å²) in [4.78, 5) is 31.4. The fraction of sp³-hybridized carbons (Fsp3) is 0.0263. The second kappa shape index (κ2) is 21.3. The predicted octanol–water partition coefficient (Wildman–Crippen LogP) is 3.39. The van der Waals surface area contributed by atoms with Crippen LogP contribution >= 0.6 is 0 Å². The average Bonchev–Trinajstić information content (AvgIpc) is 3.20. The normalized spacial score (nSPS) is 10.9. The van der Waals surface area contributed by atoms with Crippen LogP contribution in [0.2, 0.25) is 0 Å². The molecule has 0 aliphatic carbocycles. The summed E-state index contributed by atoms with van der Waals surface area (Å²) in [6.45, 7) is 0. The molecule has 7 aromatic rings. The molecule has 0 aromatic heterocycles. The molecule has 7 rings (SSSR count). The first-order chi connectivity index (χ1) is 28.1. The minimum atomic E-state index is -5.06. The van der Waals surface area contributed by atoms with Crippen LogP contribution in [-0.2, 0) is 32.2 Å². The summed E-state index contributed by atoms with van der Waals surface area (Å²) in [7, 11) is -3.85. The molecule has 0 atom stereocenters. The van der Waals surface area contributed by atoms with E-state index in [4.69, 9.17) is 0 Å². The number of carbonyl (C=O) groups is 1. The van der Waals surface area contributed by atoms with E-state index in [1.54, 1.807) is 54.6 Å². The van der Waals surface area contributed by atoms with Crippen LogP contribution in [0.15, 0.2) is 135 Å². The number of ether oxygens (including phenoxy) is 1. The number of fused-ring (bicyclic) bond motifs is 3. The summed E-state index contributed by atoms with van der Waals surface area (Å²) in [5, 5.41) is 83.0. The van der Waals surface area contributed by atoms with E-state index in [2.05, 4.69) is 30.5 Å². The number of phenols is 4. The van der Waals surface area contributed by atoms with E-state index < -0.39 is 42.4 Å². The van der Waals surface area contributed by atoms with Crippen molar-refractivity contribution in [2.45, 2.75) is 4.90 Å². The maximum Gasteiger partial charge on any atom is 1.00 e. The average molecular weight is 919 g/mol. The first-order valence-corrected chi connectivity index (χ1v) is 18.0. The molecule has 0 radical (unpaired) electrons. The molecule has 0 aliphatic heterocycles. The van der Waals surface area contributed by atoms with Gasteiger partial charge in [-0.1, -0.05) is 48.5 Å². The van der Waals surface area contributed by atoms with Crippen LogP contribution in [-0.4, -0.2) is 56.4 Å². The van der Waals surface area contributed by atoms with Crippen molar-refractivity contribution >= 4 is 88.3 Å². The number of anilines is 1. The first-order valence-electron chi connectivity index (χ1n) is 16.6. The maximum absolute atomic E-state index is 11.6. The summed E-state index contributed by atoms with van der Waals surface area (Å²) < 4.78 is 39.5. The van der Waals surface area contributed by atoms with Gasteiger partial charge in [-0.15, -0.1) is 20.5 Å². The van der Waals surface area contributed by atoms with E-state index >= 15 is 0 Å². The van der Waals surface area contributed by atoms with Crippen molar-refractivity contribution < 1.29 is 129 Å². The Kier molecular flexibility index (Phi) is 17.4. The van der Waals surface area contributed by atoms with Gasteiger partial charge in [0.1, 0.15) is 55.9 Å². The van der Waals surface area contributed by atoms with E-state index in [9.17, 15) is 58.4 Å². The Morgan fingerprint density at radius 3 is 1.82 bits per heavy atom. The Morgan fingerprint density at radius 1 is 0.629 bits per heavy atom. The van der Waals surface area contributed by atoms with Gasteiger partial charge in [-0.3, -0.25) is 25.5 Å². The van der Waals surface area contributed by atoms with E-state index in [0.29, 0.717) is 27.9 Å². The zero-order chi connectivity index (χ0) is 42.6. The Labute approximate surface area is 404 Å².